The summed E-state index contributed by atoms with van der Waals surface area (Å²) in [6.45, 7) is 2.49. The molecule has 0 aliphatic carbocycles. The third kappa shape index (κ3) is 4.14. The summed E-state index contributed by atoms with van der Waals surface area (Å²) in [6, 6.07) is 6.13. The van der Waals surface area contributed by atoms with Crippen LogP contribution < -0.4 is 15.1 Å². The van der Waals surface area contributed by atoms with Crippen molar-refractivity contribution < 1.29 is 14.0 Å². The number of piperidine rings is 1. The van der Waals surface area contributed by atoms with Gasteiger partial charge in [0.1, 0.15) is 5.82 Å². The van der Waals surface area contributed by atoms with Gasteiger partial charge in [-0.1, -0.05) is 23.5 Å². The maximum absolute atomic E-state index is 13.0. The summed E-state index contributed by atoms with van der Waals surface area (Å²) in [6.07, 6.45) is 3.14. The van der Waals surface area contributed by atoms with E-state index in [1.54, 1.807) is 17.0 Å². The lowest BCUT2D eigenvalue weighted by molar-refractivity contribution is -0.125. The Hall–Kier alpha value is -2.55. The SMILES string of the molecule is O=C(NCc1ccc(F)cc1)C1CCCN(c2nnc(N3CCCC3=O)s2)C1. The molecule has 148 valence electrons. The van der Waals surface area contributed by atoms with E-state index in [4.69, 9.17) is 0 Å². The van der Waals surface area contributed by atoms with Crippen LogP contribution >= 0.6 is 11.3 Å². The highest BCUT2D eigenvalue weighted by molar-refractivity contribution is 7.19. The Morgan fingerprint density at radius 2 is 1.96 bits per heavy atom. The first-order valence-corrected chi connectivity index (χ1v) is 10.3. The standard InChI is InChI=1S/C19H22FN5O2S/c20-15-7-5-13(6-8-15)11-21-17(27)14-3-1-9-24(12-14)18-22-23-19(28-18)25-10-2-4-16(25)26/h5-8,14H,1-4,9-12H2,(H,21,27). The molecule has 1 atom stereocenters. The number of rotatable bonds is 5. The van der Waals surface area contributed by atoms with Gasteiger partial charge in [0.25, 0.3) is 0 Å². The highest BCUT2D eigenvalue weighted by Crippen LogP contribution is 2.32. The molecule has 0 saturated carbocycles. The summed E-state index contributed by atoms with van der Waals surface area (Å²) in [5.41, 5.74) is 0.867. The van der Waals surface area contributed by atoms with E-state index in [9.17, 15) is 14.0 Å². The van der Waals surface area contributed by atoms with E-state index >= 15 is 0 Å². The Labute approximate surface area is 166 Å². The third-order valence-electron chi connectivity index (χ3n) is 5.15. The Morgan fingerprint density at radius 3 is 2.71 bits per heavy atom. The number of hydrogen-bond donors (Lipinski definition) is 1. The topological polar surface area (TPSA) is 78.4 Å². The monoisotopic (exact) mass is 403 g/mol. The predicted molar refractivity (Wildman–Crippen MR) is 105 cm³/mol. The van der Waals surface area contributed by atoms with Crippen LogP contribution in [-0.2, 0) is 16.1 Å². The maximum Gasteiger partial charge on any atom is 0.228 e. The molecule has 0 radical (unpaired) electrons. The van der Waals surface area contributed by atoms with E-state index in [0.717, 1.165) is 36.5 Å². The van der Waals surface area contributed by atoms with Crippen molar-refractivity contribution >= 4 is 33.4 Å². The molecule has 2 aromatic rings. The fourth-order valence-corrected chi connectivity index (χ4v) is 4.52. The first-order valence-electron chi connectivity index (χ1n) is 9.51. The molecule has 1 unspecified atom stereocenters. The summed E-state index contributed by atoms with van der Waals surface area (Å²) >= 11 is 1.41. The van der Waals surface area contributed by atoms with Crippen molar-refractivity contribution in [3.63, 3.8) is 0 Å². The molecule has 2 amide bonds. The van der Waals surface area contributed by atoms with E-state index in [1.807, 2.05) is 0 Å². The zero-order valence-electron chi connectivity index (χ0n) is 15.4. The van der Waals surface area contributed by atoms with Crippen LogP contribution in [0, 0.1) is 11.7 Å². The fourth-order valence-electron chi connectivity index (χ4n) is 3.60. The number of amides is 2. The van der Waals surface area contributed by atoms with Gasteiger partial charge < -0.3 is 10.2 Å². The number of nitrogens with one attached hydrogen (secondary N) is 1. The van der Waals surface area contributed by atoms with Gasteiger partial charge in [-0.3, -0.25) is 14.5 Å². The average molecular weight is 403 g/mol. The van der Waals surface area contributed by atoms with Crippen LogP contribution in [0.25, 0.3) is 0 Å². The van der Waals surface area contributed by atoms with E-state index < -0.39 is 0 Å². The molecule has 1 aromatic carbocycles. The van der Waals surface area contributed by atoms with Crippen molar-refractivity contribution in [1.29, 1.82) is 0 Å². The number of anilines is 2. The molecule has 7 nitrogen and oxygen atoms in total. The molecule has 2 aliphatic rings. The molecule has 3 heterocycles. The lowest BCUT2D eigenvalue weighted by Crippen LogP contribution is -2.43. The zero-order valence-corrected chi connectivity index (χ0v) is 16.3. The Morgan fingerprint density at radius 1 is 1.18 bits per heavy atom. The molecule has 4 rings (SSSR count). The normalized spacial score (nSPS) is 19.9. The largest absolute Gasteiger partial charge is 0.352 e. The number of carbonyl (C=O) groups is 2. The number of benzene rings is 1. The van der Waals surface area contributed by atoms with Crippen LogP contribution in [0.5, 0.6) is 0 Å². The van der Waals surface area contributed by atoms with Crippen molar-refractivity contribution in [2.75, 3.05) is 29.4 Å². The summed E-state index contributed by atoms with van der Waals surface area (Å²) in [7, 11) is 0. The highest BCUT2D eigenvalue weighted by atomic mass is 32.1. The van der Waals surface area contributed by atoms with E-state index in [-0.39, 0.29) is 23.5 Å². The molecular formula is C19H22FN5O2S. The van der Waals surface area contributed by atoms with Gasteiger partial charge in [0.15, 0.2) is 0 Å². The van der Waals surface area contributed by atoms with Gasteiger partial charge in [0.2, 0.25) is 22.1 Å². The van der Waals surface area contributed by atoms with Crippen molar-refractivity contribution in [2.24, 2.45) is 5.92 Å². The molecule has 2 aliphatic heterocycles. The van der Waals surface area contributed by atoms with Crippen molar-refractivity contribution in [2.45, 2.75) is 32.2 Å². The Balaban J connectivity index is 1.35. The van der Waals surface area contributed by atoms with Gasteiger partial charge in [-0.15, -0.1) is 10.2 Å². The molecule has 28 heavy (non-hydrogen) atoms. The van der Waals surface area contributed by atoms with Gasteiger partial charge >= 0.3 is 0 Å². The van der Waals surface area contributed by atoms with Crippen LogP contribution in [0.15, 0.2) is 24.3 Å². The van der Waals surface area contributed by atoms with Crippen molar-refractivity contribution in [3.05, 3.63) is 35.6 Å². The minimum Gasteiger partial charge on any atom is -0.352 e. The van der Waals surface area contributed by atoms with Crippen LogP contribution in [0.2, 0.25) is 0 Å². The predicted octanol–water partition coefficient (Wildman–Crippen LogP) is 2.34. The van der Waals surface area contributed by atoms with Crippen LogP contribution in [0.3, 0.4) is 0 Å². The first kappa shape index (κ1) is 18.8. The molecule has 0 spiro atoms. The zero-order chi connectivity index (χ0) is 19.5. The molecule has 0 bridgehead atoms. The average Bonchev–Trinajstić information content (AvgIpc) is 3.36. The lowest BCUT2D eigenvalue weighted by Gasteiger charge is -2.31. The fraction of sp³-hybridized carbons (Fsp3) is 0.474. The number of carbonyl (C=O) groups excluding carboxylic acids is 2. The van der Waals surface area contributed by atoms with Gasteiger partial charge in [0.05, 0.1) is 5.92 Å². The molecule has 9 heteroatoms. The smallest absolute Gasteiger partial charge is 0.228 e. The number of nitrogens with zero attached hydrogens (tertiary/aromatic N) is 4. The Bertz CT molecular complexity index is 856. The van der Waals surface area contributed by atoms with Gasteiger partial charge in [0, 0.05) is 32.6 Å². The van der Waals surface area contributed by atoms with Crippen LogP contribution in [0.1, 0.15) is 31.2 Å². The molecule has 1 aromatic heterocycles. The van der Waals surface area contributed by atoms with Gasteiger partial charge in [-0.25, -0.2) is 4.39 Å². The van der Waals surface area contributed by atoms with Crippen molar-refractivity contribution in [3.8, 4) is 0 Å². The summed E-state index contributed by atoms with van der Waals surface area (Å²) < 4.78 is 13.0. The number of halogens is 1. The highest BCUT2D eigenvalue weighted by Gasteiger charge is 2.29. The summed E-state index contributed by atoms with van der Waals surface area (Å²) in [5.74, 6) is -0.326. The minimum absolute atomic E-state index is 0.00603. The van der Waals surface area contributed by atoms with Crippen LogP contribution in [0.4, 0.5) is 14.7 Å². The molecule has 2 saturated heterocycles. The second-order valence-electron chi connectivity index (χ2n) is 7.15. The molecular weight excluding hydrogens is 381 g/mol. The molecule has 1 N–H and O–H groups in total. The van der Waals surface area contributed by atoms with Gasteiger partial charge in [-0.05, 0) is 37.0 Å². The van der Waals surface area contributed by atoms with Crippen LogP contribution in [-0.4, -0.2) is 41.6 Å². The summed E-state index contributed by atoms with van der Waals surface area (Å²) in [4.78, 5) is 28.2. The maximum atomic E-state index is 13.0. The lowest BCUT2D eigenvalue weighted by atomic mass is 9.97. The molecule has 2 fully saturated rings. The van der Waals surface area contributed by atoms with Crippen molar-refractivity contribution in [1.82, 2.24) is 15.5 Å². The second kappa shape index (κ2) is 8.22. The Kier molecular flexibility index (Phi) is 5.52. The minimum atomic E-state index is -0.287. The second-order valence-corrected chi connectivity index (χ2v) is 8.08. The first-order chi connectivity index (χ1) is 13.6. The third-order valence-corrected chi connectivity index (χ3v) is 6.16. The van der Waals surface area contributed by atoms with Gasteiger partial charge in [-0.2, -0.15) is 0 Å². The van der Waals surface area contributed by atoms with E-state index in [2.05, 4.69) is 20.4 Å². The number of aromatic nitrogens is 2. The number of hydrogen-bond acceptors (Lipinski definition) is 6. The summed E-state index contributed by atoms with van der Waals surface area (Å²) in [5, 5.41) is 12.8. The quantitative estimate of drug-likeness (QED) is 0.829. The van der Waals surface area contributed by atoms with E-state index in [0.29, 0.717) is 31.2 Å². The van der Waals surface area contributed by atoms with E-state index in [1.165, 1.54) is 23.5 Å².